The van der Waals surface area contributed by atoms with Crippen LogP contribution in [0.3, 0.4) is 0 Å². The van der Waals surface area contributed by atoms with Crippen molar-refractivity contribution < 1.29 is 9.59 Å². The highest BCUT2D eigenvalue weighted by Gasteiger charge is 2.23. The molecule has 0 bridgehead atoms. The number of rotatable bonds is 5. The molecule has 0 saturated carbocycles. The molecule has 1 aliphatic heterocycles. The fourth-order valence-corrected chi connectivity index (χ4v) is 2.20. The van der Waals surface area contributed by atoms with Gasteiger partial charge in [0.2, 0.25) is 0 Å². The van der Waals surface area contributed by atoms with Crippen LogP contribution in [0, 0.1) is 5.92 Å². The van der Waals surface area contributed by atoms with E-state index < -0.39 is 11.8 Å². The molecule has 1 heterocycles. The van der Waals surface area contributed by atoms with E-state index in [2.05, 4.69) is 24.5 Å². The van der Waals surface area contributed by atoms with Crippen LogP contribution >= 0.6 is 0 Å². The summed E-state index contributed by atoms with van der Waals surface area (Å²) in [5.74, 6) is -0.165. The zero-order valence-corrected chi connectivity index (χ0v) is 12.4. The largest absolute Gasteiger partial charge is 0.345 e. The Morgan fingerprint density at radius 3 is 2.37 bits per heavy atom. The van der Waals surface area contributed by atoms with Gasteiger partial charge in [-0.1, -0.05) is 26.7 Å². The number of amides is 2. The Hall–Kier alpha value is -1.10. The van der Waals surface area contributed by atoms with Gasteiger partial charge < -0.3 is 15.5 Å². The van der Waals surface area contributed by atoms with Crippen LogP contribution in [0.2, 0.25) is 0 Å². The minimum Gasteiger partial charge on any atom is -0.345 e. The van der Waals surface area contributed by atoms with Crippen LogP contribution in [0.25, 0.3) is 0 Å². The zero-order valence-electron chi connectivity index (χ0n) is 12.4. The fraction of sp³-hybridized carbons (Fsp3) is 0.857. The van der Waals surface area contributed by atoms with Gasteiger partial charge in [0, 0.05) is 32.2 Å². The summed E-state index contributed by atoms with van der Waals surface area (Å²) in [4.78, 5) is 25.3. The number of nitrogens with one attached hydrogen (secondary N) is 2. The molecule has 1 unspecified atom stereocenters. The van der Waals surface area contributed by atoms with Crippen molar-refractivity contribution in [3.8, 4) is 0 Å². The van der Waals surface area contributed by atoms with Crippen molar-refractivity contribution >= 4 is 11.8 Å². The van der Waals surface area contributed by atoms with Crippen LogP contribution in [-0.2, 0) is 9.59 Å². The van der Waals surface area contributed by atoms with Gasteiger partial charge in [-0.2, -0.15) is 0 Å². The van der Waals surface area contributed by atoms with Gasteiger partial charge in [0.05, 0.1) is 0 Å². The highest BCUT2D eigenvalue weighted by Crippen LogP contribution is 2.08. The van der Waals surface area contributed by atoms with E-state index in [1.165, 1.54) is 0 Å². The van der Waals surface area contributed by atoms with E-state index in [4.69, 9.17) is 0 Å². The average molecular weight is 269 g/mol. The molecule has 19 heavy (non-hydrogen) atoms. The summed E-state index contributed by atoms with van der Waals surface area (Å²) in [6.45, 7) is 9.12. The molecule has 0 aromatic carbocycles. The van der Waals surface area contributed by atoms with Crippen LogP contribution in [0.1, 0.15) is 40.0 Å². The maximum Gasteiger partial charge on any atom is 0.311 e. The van der Waals surface area contributed by atoms with Crippen molar-refractivity contribution in [3.05, 3.63) is 0 Å². The SMILES string of the molecule is CC(C)CCCC(C)NC(=O)C(=O)N1CCNCC1. The molecule has 2 amide bonds. The Balaban J connectivity index is 2.26. The number of piperazine rings is 1. The van der Waals surface area contributed by atoms with Crippen molar-refractivity contribution in [2.45, 2.75) is 46.1 Å². The second-order valence-electron chi connectivity index (χ2n) is 5.74. The van der Waals surface area contributed by atoms with E-state index in [0.717, 1.165) is 32.4 Å². The lowest BCUT2D eigenvalue weighted by atomic mass is 10.0. The molecule has 1 aliphatic rings. The summed E-state index contributed by atoms with van der Waals surface area (Å²) in [6.07, 6.45) is 3.17. The van der Waals surface area contributed by atoms with E-state index >= 15 is 0 Å². The Morgan fingerprint density at radius 1 is 1.16 bits per heavy atom. The summed E-state index contributed by atoms with van der Waals surface area (Å²) in [5.41, 5.74) is 0. The van der Waals surface area contributed by atoms with Gasteiger partial charge >= 0.3 is 11.8 Å². The highest BCUT2D eigenvalue weighted by atomic mass is 16.2. The monoisotopic (exact) mass is 269 g/mol. The van der Waals surface area contributed by atoms with E-state index in [1.54, 1.807) is 4.90 Å². The number of hydrogen-bond donors (Lipinski definition) is 2. The van der Waals surface area contributed by atoms with Crippen LogP contribution in [0.5, 0.6) is 0 Å². The minimum absolute atomic E-state index is 0.0677. The topological polar surface area (TPSA) is 61.4 Å². The third kappa shape index (κ3) is 6.05. The van der Waals surface area contributed by atoms with Gasteiger partial charge in [-0.15, -0.1) is 0 Å². The summed E-state index contributed by atoms with van der Waals surface area (Å²) in [5, 5.41) is 5.96. The lowest BCUT2D eigenvalue weighted by Crippen LogP contribution is -2.52. The van der Waals surface area contributed by atoms with Crippen LogP contribution in [0.15, 0.2) is 0 Å². The van der Waals surface area contributed by atoms with E-state index in [9.17, 15) is 9.59 Å². The molecular formula is C14H27N3O2. The molecule has 1 rings (SSSR count). The maximum absolute atomic E-state index is 11.9. The first-order valence-electron chi connectivity index (χ1n) is 7.31. The zero-order chi connectivity index (χ0) is 14.3. The van der Waals surface area contributed by atoms with Crippen molar-refractivity contribution in [1.29, 1.82) is 0 Å². The quantitative estimate of drug-likeness (QED) is 0.724. The first-order valence-corrected chi connectivity index (χ1v) is 7.31. The Kier molecular flexibility index (Phi) is 6.84. The molecule has 5 heteroatoms. The molecule has 110 valence electrons. The lowest BCUT2D eigenvalue weighted by molar-refractivity contribution is -0.146. The van der Waals surface area contributed by atoms with Gasteiger partial charge in [0.25, 0.3) is 0 Å². The van der Waals surface area contributed by atoms with Gasteiger partial charge in [0.15, 0.2) is 0 Å². The third-order valence-corrected chi connectivity index (χ3v) is 3.39. The molecule has 0 aliphatic carbocycles. The second kappa shape index (κ2) is 8.15. The van der Waals surface area contributed by atoms with Crippen molar-refractivity contribution in [1.82, 2.24) is 15.5 Å². The third-order valence-electron chi connectivity index (χ3n) is 3.39. The Bertz CT molecular complexity index is 299. The number of carbonyl (C=O) groups is 2. The van der Waals surface area contributed by atoms with Gasteiger partial charge in [-0.25, -0.2) is 0 Å². The standard InChI is InChI=1S/C14H27N3O2/c1-11(2)5-4-6-12(3)16-13(18)14(19)17-9-7-15-8-10-17/h11-12,15H,4-10H2,1-3H3,(H,16,18). The molecule has 1 fully saturated rings. The number of nitrogens with zero attached hydrogens (tertiary/aromatic N) is 1. The molecular weight excluding hydrogens is 242 g/mol. The van der Waals surface area contributed by atoms with Crippen LogP contribution in [-0.4, -0.2) is 48.9 Å². The molecule has 0 radical (unpaired) electrons. The van der Waals surface area contributed by atoms with Crippen LogP contribution < -0.4 is 10.6 Å². The van der Waals surface area contributed by atoms with E-state index in [1.807, 2.05) is 6.92 Å². The summed E-state index contributed by atoms with van der Waals surface area (Å²) in [6, 6.07) is 0.0677. The highest BCUT2D eigenvalue weighted by molar-refractivity contribution is 6.35. The van der Waals surface area contributed by atoms with Crippen molar-refractivity contribution in [3.63, 3.8) is 0 Å². The predicted molar refractivity (Wildman–Crippen MR) is 75.7 cm³/mol. The number of hydrogen-bond acceptors (Lipinski definition) is 3. The molecule has 0 spiro atoms. The predicted octanol–water partition coefficient (Wildman–Crippen LogP) is 0.749. The maximum atomic E-state index is 11.9. The smallest absolute Gasteiger partial charge is 0.311 e. The summed E-state index contributed by atoms with van der Waals surface area (Å²) < 4.78 is 0. The lowest BCUT2D eigenvalue weighted by Gasteiger charge is -2.27. The molecule has 5 nitrogen and oxygen atoms in total. The van der Waals surface area contributed by atoms with E-state index in [-0.39, 0.29) is 6.04 Å². The Morgan fingerprint density at radius 2 is 1.79 bits per heavy atom. The van der Waals surface area contributed by atoms with Gasteiger partial charge in [-0.05, 0) is 19.3 Å². The fourth-order valence-electron chi connectivity index (χ4n) is 2.20. The summed E-state index contributed by atoms with van der Waals surface area (Å²) in [7, 11) is 0. The number of carbonyl (C=O) groups excluding carboxylic acids is 2. The van der Waals surface area contributed by atoms with Crippen molar-refractivity contribution in [2.75, 3.05) is 26.2 Å². The molecule has 2 N–H and O–H groups in total. The van der Waals surface area contributed by atoms with E-state index in [0.29, 0.717) is 19.0 Å². The molecule has 1 saturated heterocycles. The normalized spacial score (nSPS) is 17.4. The second-order valence-corrected chi connectivity index (χ2v) is 5.74. The molecule has 0 aromatic heterocycles. The van der Waals surface area contributed by atoms with Crippen LogP contribution in [0.4, 0.5) is 0 Å². The van der Waals surface area contributed by atoms with Crippen molar-refractivity contribution in [2.24, 2.45) is 5.92 Å². The first kappa shape index (κ1) is 16.0. The van der Waals surface area contributed by atoms with Gasteiger partial charge in [0.1, 0.15) is 0 Å². The first-order chi connectivity index (χ1) is 9.00. The molecule has 1 atom stereocenters. The molecule has 0 aromatic rings. The minimum atomic E-state index is -0.459. The Labute approximate surface area is 116 Å². The summed E-state index contributed by atoms with van der Waals surface area (Å²) >= 11 is 0. The van der Waals surface area contributed by atoms with Gasteiger partial charge in [-0.3, -0.25) is 9.59 Å². The average Bonchev–Trinajstić information content (AvgIpc) is 2.38.